The third-order valence-electron chi connectivity index (χ3n) is 3.94. The summed E-state index contributed by atoms with van der Waals surface area (Å²) in [5.74, 6) is 0.374. The van der Waals surface area contributed by atoms with Gasteiger partial charge >= 0.3 is 0 Å². The van der Waals surface area contributed by atoms with E-state index in [-0.39, 0.29) is 11.7 Å². The summed E-state index contributed by atoms with van der Waals surface area (Å²) >= 11 is 5.96. The van der Waals surface area contributed by atoms with E-state index >= 15 is 0 Å². The van der Waals surface area contributed by atoms with Gasteiger partial charge < -0.3 is 4.90 Å². The number of carbonyl (C=O) groups excluding carboxylic acids is 1. The largest absolute Gasteiger partial charge is 0.372 e. The predicted octanol–water partition coefficient (Wildman–Crippen LogP) is 4.41. The molecule has 3 heteroatoms. The van der Waals surface area contributed by atoms with Crippen LogP contribution in [-0.4, -0.2) is 17.2 Å². The lowest BCUT2D eigenvalue weighted by molar-refractivity contribution is -0.114. The molecule has 2 nitrogen and oxygen atoms in total. The van der Waals surface area contributed by atoms with Crippen LogP contribution >= 0.6 is 11.6 Å². The van der Waals surface area contributed by atoms with Gasteiger partial charge in [-0.1, -0.05) is 54.1 Å². The number of benzene rings is 2. The minimum Gasteiger partial charge on any atom is -0.372 e. The fourth-order valence-electron chi connectivity index (χ4n) is 2.80. The average Bonchev–Trinajstić information content (AvgIpc) is 2.71. The third-order valence-corrected chi connectivity index (χ3v) is 4.20. The maximum absolute atomic E-state index is 12.0. The van der Waals surface area contributed by atoms with Crippen molar-refractivity contribution in [2.75, 3.05) is 6.54 Å². The molecule has 112 valence electrons. The van der Waals surface area contributed by atoms with Gasteiger partial charge in [-0.2, -0.15) is 0 Å². The van der Waals surface area contributed by atoms with Crippen molar-refractivity contribution in [3.05, 3.63) is 83.0 Å². The van der Waals surface area contributed by atoms with Crippen LogP contribution in [0, 0.1) is 0 Å². The lowest BCUT2D eigenvalue weighted by Crippen LogP contribution is -2.22. The molecule has 0 bridgehead atoms. The fraction of sp³-hybridized carbons (Fsp3) is 0.211. The molecule has 0 radical (unpaired) electrons. The first-order valence-electron chi connectivity index (χ1n) is 7.45. The normalized spacial score (nSPS) is 18.3. The first-order valence-corrected chi connectivity index (χ1v) is 7.83. The summed E-state index contributed by atoms with van der Waals surface area (Å²) in [7, 11) is 0. The van der Waals surface area contributed by atoms with Crippen molar-refractivity contribution in [1.82, 2.24) is 4.90 Å². The van der Waals surface area contributed by atoms with E-state index in [0.717, 1.165) is 18.1 Å². The van der Waals surface area contributed by atoms with Gasteiger partial charge in [-0.3, -0.25) is 4.79 Å². The van der Waals surface area contributed by atoms with Crippen LogP contribution in [0.15, 0.2) is 66.9 Å². The second kappa shape index (κ2) is 6.80. The van der Waals surface area contributed by atoms with Gasteiger partial charge in [0.05, 0.1) is 0 Å². The Kier molecular flexibility index (Phi) is 4.59. The van der Waals surface area contributed by atoms with Crippen molar-refractivity contribution in [3.63, 3.8) is 0 Å². The van der Waals surface area contributed by atoms with Crippen LogP contribution in [0.2, 0.25) is 5.02 Å². The lowest BCUT2D eigenvalue weighted by Gasteiger charge is -2.24. The maximum Gasteiger partial charge on any atom is 0.157 e. The van der Waals surface area contributed by atoms with Gasteiger partial charge in [0.25, 0.3) is 0 Å². The van der Waals surface area contributed by atoms with Crippen LogP contribution in [0.25, 0.3) is 0 Å². The molecule has 0 spiro atoms. The Labute approximate surface area is 136 Å². The number of hydrogen-bond acceptors (Lipinski definition) is 2. The molecule has 1 atom stereocenters. The summed E-state index contributed by atoms with van der Waals surface area (Å²) in [5, 5.41) is 0.725. The van der Waals surface area contributed by atoms with Gasteiger partial charge in [-0.25, -0.2) is 0 Å². The average molecular weight is 312 g/mol. The first-order chi connectivity index (χ1) is 10.7. The summed E-state index contributed by atoms with van der Waals surface area (Å²) in [6.07, 6.45) is 4.16. The van der Waals surface area contributed by atoms with Crippen molar-refractivity contribution in [2.24, 2.45) is 0 Å². The summed E-state index contributed by atoms with van der Waals surface area (Å²) in [4.78, 5) is 14.2. The molecule has 0 fully saturated rings. The van der Waals surface area contributed by atoms with Crippen LogP contribution in [0.4, 0.5) is 0 Å². The van der Waals surface area contributed by atoms with Gasteiger partial charge in [-0.15, -0.1) is 0 Å². The van der Waals surface area contributed by atoms with E-state index in [1.807, 2.05) is 48.7 Å². The summed E-state index contributed by atoms with van der Waals surface area (Å²) in [6.45, 7) is 1.65. The minimum atomic E-state index is 0.176. The molecular formula is C19H18ClNO. The predicted molar refractivity (Wildman–Crippen MR) is 89.8 cm³/mol. The highest BCUT2D eigenvalue weighted by atomic mass is 35.5. The van der Waals surface area contributed by atoms with Crippen molar-refractivity contribution in [3.8, 4) is 0 Å². The molecule has 0 aliphatic carbocycles. The molecule has 0 saturated carbocycles. The molecule has 1 aliphatic rings. The summed E-state index contributed by atoms with van der Waals surface area (Å²) < 4.78 is 0. The molecule has 1 heterocycles. The Morgan fingerprint density at radius 3 is 2.50 bits per heavy atom. The first kappa shape index (κ1) is 14.9. The zero-order valence-corrected chi connectivity index (χ0v) is 13.0. The monoisotopic (exact) mass is 311 g/mol. The van der Waals surface area contributed by atoms with E-state index in [1.54, 1.807) is 6.08 Å². The lowest BCUT2D eigenvalue weighted by atomic mass is 9.94. The molecule has 2 aromatic rings. The number of hydrogen-bond donors (Lipinski definition) is 0. The van der Waals surface area contributed by atoms with Gasteiger partial charge in [0.1, 0.15) is 0 Å². The quantitative estimate of drug-likeness (QED) is 0.836. The zero-order valence-electron chi connectivity index (χ0n) is 12.3. The van der Waals surface area contributed by atoms with Gasteiger partial charge in [0, 0.05) is 36.7 Å². The number of ketones is 1. The van der Waals surface area contributed by atoms with Crippen LogP contribution in [0.1, 0.15) is 23.5 Å². The minimum absolute atomic E-state index is 0.176. The second-order valence-corrected chi connectivity index (χ2v) is 6.09. The smallest absolute Gasteiger partial charge is 0.157 e. The molecule has 0 N–H and O–H groups in total. The molecule has 0 saturated heterocycles. The molecule has 3 rings (SSSR count). The highest BCUT2D eigenvalue weighted by Gasteiger charge is 2.20. The van der Waals surface area contributed by atoms with E-state index in [0.29, 0.717) is 6.42 Å². The zero-order chi connectivity index (χ0) is 15.4. The molecule has 0 aromatic heterocycles. The van der Waals surface area contributed by atoms with Gasteiger partial charge in [0.2, 0.25) is 0 Å². The SMILES string of the molecule is O=C1C=CN(Cc2ccccc2)CC(c2ccc(Cl)cc2)C1. The van der Waals surface area contributed by atoms with Crippen LogP contribution < -0.4 is 0 Å². The highest BCUT2D eigenvalue weighted by Crippen LogP contribution is 2.26. The van der Waals surface area contributed by atoms with Gasteiger partial charge in [0.15, 0.2) is 5.78 Å². The van der Waals surface area contributed by atoms with Crippen molar-refractivity contribution in [2.45, 2.75) is 18.9 Å². The van der Waals surface area contributed by atoms with E-state index in [2.05, 4.69) is 17.0 Å². The van der Waals surface area contributed by atoms with E-state index in [9.17, 15) is 4.79 Å². The molecular weight excluding hydrogens is 294 g/mol. The Balaban J connectivity index is 1.78. The Morgan fingerprint density at radius 2 is 1.77 bits per heavy atom. The second-order valence-electron chi connectivity index (χ2n) is 5.65. The number of allylic oxidation sites excluding steroid dienone is 1. The standard InChI is InChI=1S/C19H18ClNO/c20-18-8-6-16(7-9-18)17-12-19(22)10-11-21(14-17)13-15-4-2-1-3-5-15/h1-11,17H,12-14H2. The Morgan fingerprint density at radius 1 is 1.05 bits per heavy atom. The number of nitrogens with zero attached hydrogens (tertiary/aromatic N) is 1. The number of halogens is 1. The van der Waals surface area contributed by atoms with Crippen LogP contribution in [0.3, 0.4) is 0 Å². The van der Waals surface area contributed by atoms with Crippen molar-refractivity contribution < 1.29 is 4.79 Å². The Hall–Kier alpha value is -2.06. The number of carbonyl (C=O) groups is 1. The Bertz CT molecular complexity index is 664. The van der Waals surface area contributed by atoms with Crippen LogP contribution in [0.5, 0.6) is 0 Å². The molecule has 2 aromatic carbocycles. The van der Waals surface area contributed by atoms with E-state index in [4.69, 9.17) is 11.6 Å². The third kappa shape index (κ3) is 3.77. The summed E-state index contributed by atoms with van der Waals surface area (Å²) in [5.41, 5.74) is 2.41. The van der Waals surface area contributed by atoms with Crippen molar-refractivity contribution >= 4 is 17.4 Å². The highest BCUT2D eigenvalue weighted by molar-refractivity contribution is 6.30. The molecule has 1 aliphatic heterocycles. The van der Waals surface area contributed by atoms with Crippen molar-refractivity contribution in [1.29, 1.82) is 0 Å². The van der Waals surface area contributed by atoms with Crippen LogP contribution in [-0.2, 0) is 11.3 Å². The topological polar surface area (TPSA) is 20.3 Å². The molecule has 22 heavy (non-hydrogen) atoms. The van der Waals surface area contributed by atoms with Gasteiger partial charge in [-0.05, 0) is 29.3 Å². The molecule has 1 unspecified atom stereocenters. The fourth-order valence-corrected chi connectivity index (χ4v) is 2.93. The molecule has 0 amide bonds. The number of rotatable bonds is 3. The van der Waals surface area contributed by atoms with E-state index < -0.39 is 0 Å². The summed E-state index contributed by atoms with van der Waals surface area (Å²) in [6, 6.07) is 18.1. The van der Waals surface area contributed by atoms with E-state index in [1.165, 1.54) is 11.1 Å². The maximum atomic E-state index is 12.0.